The fourth-order valence-corrected chi connectivity index (χ4v) is 3.44. The van der Waals surface area contributed by atoms with E-state index in [1.807, 2.05) is 23.0 Å². The zero-order valence-corrected chi connectivity index (χ0v) is 13.1. The number of rotatable bonds is 3. The third-order valence-electron chi connectivity index (χ3n) is 4.56. The summed E-state index contributed by atoms with van der Waals surface area (Å²) in [5.74, 6) is 0. The van der Waals surface area contributed by atoms with E-state index >= 15 is 0 Å². The van der Waals surface area contributed by atoms with Gasteiger partial charge in [0.2, 0.25) is 0 Å². The summed E-state index contributed by atoms with van der Waals surface area (Å²) in [5.41, 5.74) is 1.74. The minimum atomic E-state index is -0.351. The van der Waals surface area contributed by atoms with Gasteiger partial charge in [0, 0.05) is 37.7 Å². The summed E-state index contributed by atoms with van der Waals surface area (Å²) in [6, 6.07) is 9.14. The lowest BCUT2D eigenvalue weighted by Crippen LogP contribution is -2.37. The van der Waals surface area contributed by atoms with Crippen molar-refractivity contribution in [3.05, 3.63) is 59.0 Å². The average molecular weight is 323 g/mol. The number of nitrogens with zero attached hydrogens (tertiary/aromatic N) is 5. The molecule has 0 saturated carbocycles. The summed E-state index contributed by atoms with van der Waals surface area (Å²) in [5, 5.41) is 16.2. The van der Waals surface area contributed by atoms with E-state index in [4.69, 9.17) is 0 Å². The monoisotopic (exact) mass is 323 g/mol. The number of pyridine rings is 1. The lowest BCUT2D eigenvalue weighted by atomic mass is 10.0. The number of anilines is 1. The average Bonchev–Trinajstić information content (AvgIpc) is 3.15. The highest BCUT2D eigenvalue weighted by atomic mass is 16.6. The molecular weight excluding hydrogens is 306 g/mol. The molecule has 1 fully saturated rings. The number of fused-ring (bicyclic) bond motifs is 1. The van der Waals surface area contributed by atoms with Crippen LogP contribution < -0.4 is 4.90 Å². The number of nitro benzene ring substituents is 1. The molecule has 7 heteroatoms. The van der Waals surface area contributed by atoms with Crippen LogP contribution in [0.2, 0.25) is 0 Å². The highest BCUT2D eigenvalue weighted by Gasteiger charge is 2.25. The van der Waals surface area contributed by atoms with Crippen LogP contribution in [0.4, 0.5) is 11.4 Å². The predicted molar refractivity (Wildman–Crippen MR) is 91.1 cm³/mol. The Morgan fingerprint density at radius 1 is 1.21 bits per heavy atom. The Morgan fingerprint density at radius 3 is 2.92 bits per heavy atom. The lowest BCUT2D eigenvalue weighted by Gasteiger charge is -2.34. The van der Waals surface area contributed by atoms with Crippen LogP contribution in [-0.4, -0.2) is 32.8 Å². The van der Waals surface area contributed by atoms with Gasteiger partial charge in [-0.15, -0.1) is 0 Å². The van der Waals surface area contributed by atoms with E-state index in [1.165, 1.54) is 0 Å². The topological polar surface area (TPSA) is 77.1 Å². The van der Waals surface area contributed by atoms with Crippen LogP contribution in [0.25, 0.3) is 10.9 Å². The highest BCUT2D eigenvalue weighted by Crippen LogP contribution is 2.34. The smallest absolute Gasteiger partial charge is 0.278 e. The molecule has 24 heavy (non-hydrogen) atoms. The van der Waals surface area contributed by atoms with E-state index < -0.39 is 0 Å². The Bertz CT molecular complexity index is 878. The molecule has 3 aromatic rings. The second-order valence-corrected chi connectivity index (χ2v) is 5.99. The Morgan fingerprint density at radius 2 is 2.12 bits per heavy atom. The number of piperidine rings is 1. The van der Waals surface area contributed by atoms with Crippen molar-refractivity contribution in [2.45, 2.75) is 18.9 Å². The first-order chi connectivity index (χ1) is 11.7. The van der Waals surface area contributed by atoms with Gasteiger partial charge in [-0.1, -0.05) is 0 Å². The first-order valence-electron chi connectivity index (χ1n) is 8.00. The second-order valence-electron chi connectivity index (χ2n) is 5.99. The molecule has 1 aliphatic heterocycles. The molecule has 122 valence electrons. The van der Waals surface area contributed by atoms with Crippen molar-refractivity contribution in [2.75, 3.05) is 18.0 Å². The molecule has 0 amide bonds. The zero-order chi connectivity index (χ0) is 16.5. The molecule has 0 radical (unpaired) electrons. The number of aromatic nitrogens is 3. The molecule has 1 atom stereocenters. The molecule has 4 rings (SSSR count). The molecule has 0 aliphatic carbocycles. The Kier molecular flexibility index (Phi) is 3.60. The van der Waals surface area contributed by atoms with Gasteiger partial charge in [-0.3, -0.25) is 19.8 Å². The largest absolute Gasteiger partial charge is 0.368 e. The second kappa shape index (κ2) is 5.92. The van der Waals surface area contributed by atoms with Gasteiger partial charge in [0.1, 0.15) is 5.52 Å². The van der Waals surface area contributed by atoms with Crippen LogP contribution in [0.5, 0.6) is 0 Å². The van der Waals surface area contributed by atoms with Crippen molar-refractivity contribution >= 4 is 22.3 Å². The molecule has 0 N–H and O–H groups in total. The minimum Gasteiger partial charge on any atom is -0.368 e. The Labute approximate surface area is 138 Å². The van der Waals surface area contributed by atoms with Crippen molar-refractivity contribution in [3.63, 3.8) is 0 Å². The number of hydrogen-bond donors (Lipinski definition) is 0. The highest BCUT2D eigenvalue weighted by molar-refractivity contribution is 5.97. The lowest BCUT2D eigenvalue weighted by molar-refractivity contribution is -0.383. The molecule has 0 spiro atoms. The first-order valence-corrected chi connectivity index (χ1v) is 8.00. The van der Waals surface area contributed by atoms with E-state index in [0.29, 0.717) is 16.9 Å². The van der Waals surface area contributed by atoms with Gasteiger partial charge in [0.25, 0.3) is 5.69 Å². The van der Waals surface area contributed by atoms with Gasteiger partial charge in [0.05, 0.1) is 22.0 Å². The van der Waals surface area contributed by atoms with Crippen LogP contribution in [0.15, 0.2) is 48.9 Å². The SMILES string of the molecule is O=[N+]([O-])c1ccc(N2CCCC(n3cccn3)C2)c2ncccc12. The molecule has 2 aromatic heterocycles. The summed E-state index contributed by atoms with van der Waals surface area (Å²) >= 11 is 0. The van der Waals surface area contributed by atoms with Crippen molar-refractivity contribution in [3.8, 4) is 0 Å². The maximum Gasteiger partial charge on any atom is 0.278 e. The van der Waals surface area contributed by atoms with Crippen LogP contribution in [-0.2, 0) is 0 Å². The first kappa shape index (κ1) is 14.6. The van der Waals surface area contributed by atoms with E-state index in [9.17, 15) is 10.1 Å². The van der Waals surface area contributed by atoms with Crippen LogP contribution >= 0.6 is 0 Å². The number of nitro groups is 1. The van der Waals surface area contributed by atoms with E-state index in [2.05, 4.69) is 15.0 Å². The summed E-state index contributed by atoms with van der Waals surface area (Å²) in [6.07, 6.45) is 7.60. The van der Waals surface area contributed by atoms with Gasteiger partial charge in [0.15, 0.2) is 0 Å². The number of hydrogen-bond acceptors (Lipinski definition) is 5. The summed E-state index contributed by atoms with van der Waals surface area (Å²) in [7, 11) is 0. The third-order valence-corrected chi connectivity index (χ3v) is 4.56. The molecule has 1 saturated heterocycles. The molecule has 1 aliphatic rings. The molecule has 1 aromatic carbocycles. The normalized spacial score (nSPS) is 18.0. The zero-order valence-electron chi connectivity index (χ0n) is 13.1. The fourth-order valence-electron chi connectivity index (χ4n) is 3.44. The van der Waals surface area contributed by atoms with Gasteiger partial charge < -0.3 is 4.90 Å². The van der Waals surface area contributed by atoms with Crippen LogP contribution in [0.3, 0.4) is 0 Å². The third kappa shape index (κ3) is 2.47. The maximum atomic E-state index is 11.3. The fraction of sp³-hybridized carbons (Fsp3) is 0.294. The van der Waals surface area contributed by atoms with E-state index in [1.54, 1.807) is 30.6 Å². The molecule has 7 nitrogen and oxygen atoms in total. The maximum absolute atomic E-state index is 11.3. The Hall–Kier alpha value is -2.96. The van der Waals surface area contributed by atoms with Crippen LogP contribution in [0, 0.1) is 10.1 Å². The predicted octanol–water partition coefficient (Wildman–Crippen LogP) is 3.18. The van der Waals surface area contributed by atoms with E-state index in [-0.39, 0.29) is 10.6 Å². The van der Waals surface area contributed by atoms with E-state index in [0.717, 1.165) is 31.6 Å². The standard InChI is InChI=1S/C17H17N5O2/c23-22(24)15-6-7-16(17-14(15)5-1-8-18-17)20-10-2-4-13(12-20)21-11-3-9-19-21/h1,3,5-9,11,13H,2,4,10,12H2. The van der Waals surface area contributed by atoms with Crippen molar-refractivity contribution in [2.24, 2.45) is 0 Å². The van der Waals surface area contributed by atoms with Crippen molar-refractivity contribution in [1.82, 2.24) is 14.8 Å². The molecule has 1 unspecified atom stereocenters. The van der Waals surface area contributed by atoms with Crippen molar-refractivity contribution in [1.29, 1.82) is 0 Å². The number of benzene rings is 1. The summed E-state index contributed by atoms with van der Waals surface area (Å²) in [4.78, 5) is 17.6. The minimum absolute atomic E-state index is 0.0995. The van der Waals surface area contributed by atoms with Gasteiger partial charge in [-0.05, 0) is 37.1 Å². The van der Waals surface area contributed by atoms with Gasteiger partial charge in [-0.2, -0.15) is 5.10 Å². The molecular formula is C17H17N5O2. The van der Waals surface area contributed by atoms with Gasteiger partial charge in [-0.25, -0.2) is 0 Å². The molecule has 3 heterocycles. The quantitative estimate of drug-likeness (QED) is 0.546. The Balaban J connectivity index is 1.74. The van der Waals surface area contributed by atoms with Crippen molar-refractivity contribution < 1.29 is 4.92 Å². The number of non-ortho nitro benzene ring substituents is 1. The van der Waals surface area contributed by atoms with Gasteiger partial charge >= 0.3 is 0 Å². The van der Waals surface area contributed by atoms with Crippen LogP contribution in [0.1, 0.15) is 18.9 Å². The molecule has 0 bridgehead atoms. The summed E-state index contributed by atoms with van der Waals surface area (Å²) < 4.78 is 1.99. The summed E-state index contributed by atoms with van der Waals surface area (Å²) in [6.45, 7) is 1.74.